The predicted molar refractivity (Wildman–Crippen MR) is 66.8 cm³/mol. The Labute approximate surface area is 98.1 Å². The molecule has 0 spiro atoms. The number of aryl methyl sites for hydroxylation is 1. The molecule has 1 aromatic rings. The van der Waals surface area contributed by atoms with Crippen molar-refractivity contribution in [2.45, 2.75) is 39.7 Å². The quantitative estimate of drug-likeness (QED) is 0.695. The molecule has 0 aliphatic rings. The van der Waals surface area contributed by atoms with Crippen LogP contribution in [-0.2, 0) is 0 Å². The first-order chi connectivity index (χ1) is 7.51. The molecule has 0 N–H and O–H groups in total. The maximum atomic E-state index is 7.11. The Bertz CT molecular complexity index is 415. The molecule has 0 amide bonds. The van der Waals surface area contributed by atoms with Crippen molar-refractivity contribution < 1.29 is 4.74 Å². The summed E-state index contributed by atoms with van der Waals surface area (Å²) in [5, 5.41) is 0. The Morgan fingerprint density at radius 1 is 1.19 bits per heavy atom. The van der Waals surface area contributed by atoms with Gasteiger partial charge in [-0.05, 0) is 36.1 Å². The molecule has 1 rings (SSSR count). The molecule has 2 nitrogen and oxygen atoms in total. The highest BCUT2D eigenvalue weighted by atomic mass is 16.5. The van der Waals surface area contributed by atoms with Gasteiger partial charge in [-0.1, -0.05) is 13.8 Å². The number of hydrogen-bond donors (Lipinski definition) is 0. The topological polar surface area (TPSA) is 13.6 Å². The van der Waals surface area contributed by atoms with Crippen LogP contribution >= 0.6 is 0 Å². The van der Waals surface area contributed by atoms with Crippen LogP contribution in [0.15, 0.2) is 12.1 Å². The largest absolute Gasteiger partial charge is 0.496 e. The molecule has 0 heterocycles. The van der Waals surface area contributed by atoms with E-state index in [9.17, 15) is 0 Å². The van der Waals surface area contributed by atoms with E-state index in [4.69, 9.17) is 11.3 Å². The fourth-order valence-corrected chi connectivity index (χ4v) is 1.86. The minimum Gasteiger partial charge on any atom is -0.496 e. The molecular formula is C14H19NO. The molecule has 0 bridgehead atoms. The van der Waals surface area contributed by atoms with Crippen LogP contribution in [0.4, 0.5) is 0 Å². The van der Waals surface area contributed by atoms with Gasteiger partial charge < -0.3 is 9.58 Å². The molecule has 0 radical (unpaired) electrons. The Morgan fingerprint density at radius 3 is 2.25 bits per heavy atom. The lowest BCUT2D eigenvalue weighted by atomic mass is 9.94. The third-order valence-electron chi connectivity index (χ3n) is 2.88. The van der Waals surface area contributed by atoms with E-state index in [-0.39, 0.29) is 6.04 Å². The van der Waals surface area contributed by atoms with Crippen LogP contribution in [0.2, 0.25) is 0 Å². The minimum absolute atomic E-state index is 0.0802. The Morgan fingerprint density at radius 2 is 1.81 bits per heavy atom. The van der Waals surface area contributed by atoms with Gasteiger partial charge in [0.2, 0.25) is 6.04 Å². The van der Waals surface area contributed by atoms with E-state index < -0.39 is 0 Å². The number of methoxy groups -OCH3 is 1. The number of nitrogens with zero attached hydrogens (tertiary/aromatic N) is 1. The first kappa shape index (κ1) is 12.6. The predicted octanol–water partition coefficient (Wildman–Crippen LogP) is 4.11. The minimum atomic E-state index is -0.0802. The Hall–Kier alpha value is -1.49. The summed E-state index contributed by atoms with van der Waals surface area (Å²) in [5.74, 6) is 1.33. The molecule has 0 saturated carbocycles. The average molecular weight is 217 g/mol. The zero-order valence-corrected chi connectivity index (χ0v) is 10.7. The van der Waals surface area contributed by atoms with Crippen molar-refractivity contribution in [2.24, 2.45) is 0 Å². The van der Waals surface area contributed by atoms with Crippen molar-refractivity contribution in [3.63, 3.8) is 0 Å². The zero-order chi connectivity index (χ0) is 12.3. The van der Waals surface area contributed by atoms with E-state index in [1.807, 2.05) is 19.9 Å². The molecule has 0 aliphatic carbocycles. The van der Waals surface area contributed by atoms with Gasteiger partial charge >= 0.3 is 0 Å². The standard InChI is InChI=1S/C14H19NO/c1-9(2)12-8-13(11(4)15-5)10(3)7-14(12)16-6/h7-9,11H,1-4,6H3. The van der Waals surface area contributed by atoms with Crippen molar-refractivity contribution in [2.75, 3.05) is 7.11 Å². The van der Waals surface area contributed by atoms with Crippen LogP contribution in [0.3, 0.4) is 0 Å². The van der Waals surface area contributed by atoms with Gasteiger partial charge in [0.05, 0.1) is 7.11 Å². The molecular weight excluding hydrogens is 198 g/mol. The Kier molecular flexibility index (Phi) is 3.95. The summed E-state index contributed by atoms with van der Waals surface area (Å²) in [6.45, 7) is 15.4. The lowest BCUT2D eigenvalue weighted by Crippen LogP contribution is -2.00. The fourth-order valence-electron chi connectivity index (χ4n) is 1.86. The lowest BCUT2D eigenvalue weighted by Gasteiger charge is -2.15. The number of ether oxygens (including phenoxy) is 1. The normalized spacial score (nSPS) is 12.3. The second-order valence-corrected chi connectivity index (χ2v) is 4.41. The van der Waals surface area contributed by atoms with Crippen LogP contribution in [-0.4, -0.2) is 7.11 Å². The third kappa shape index (κ3) is 2.36. The molecule has 1 unspecified atom stereocenters. The van der Waals surface area contributed by atoms with Crippen molar-refractivity contribution in [3.8, 4) is 5.75 Å². The number of hydrogen-bond acceptors (Lipinski definition) is 1. The first-order valence-corrected chi connectivity index (χ1v) is 5.56. The summed E-state index contributed by atoms with van der Waals surface area (Å²) in [7, 11) is 1.69. The second kappa shape index (κ2) is 5.03. The Balaban J connectivity index is 3.34. The monoisotopic (exact) mass is 217 g/mol. The van der Waals surface area contributed by atoms with Crippen LogP contribution in [0.5, 0.6) is 5.75 Å². The van der Waals surface area contributed by atoms with E-state index in [0.29, 0.717) is 5.92 Å². The summed E-state index contributed by atoms with van der Waals surface area (Å²) in [6.07, 6.45) is 0. The summed E-state index contributed by atoms with van der Waals surface area (Å²) in [4.78, 5) is 3.58. The molecule has 0 aromatic heterocycles. The van der Waals surface area contributed by atoms with Gasteiger partial charge in [-0.25, -0.2) is 6.57 Å². The van der Waals surface area contributed by atoms with Crippen molar-refractivity contribution in [1.82, 2.24) is 0 Å². The van der Waals surface area contributed by atoms with Gasteiger partial charge in [0.1, 0.15) is 5.75 Å². The van der Waals surface area contributed by atoms with Gasteiger partial charge in [-0.2, -0.15) is 0 Å². The summed E-state index contributed by atoms with van der Waals surface area (Å²) < 4.78 is 5.38. The maximum Gasteiger partial charge on any atom is 0.246 e. The first-order valence-electron chi connectivity index (χ1n) is 5.56. The molecule has 1 aromatic carbocycles. The number of benzene rings is 1. The lowest BCUT2D eigenvalue weighted by molar-refractivity contribution is 0.407. The second-order valence-electron chi connectivity index (χ2n) is 4.41. The van der Waals surface area contributed by atoms with Crippen LogP contribution in [0.1, 0.15) is 49.4 Å². The van der Waals surface area contributed by atoms with E-state index in [1.54, 1.807) is 7.11 Å². The summed E-state index contributed by atoms with van der Waals surface area (Å²) in [6, 6.07) is 4.07. The van der Waals surface area contributed by atoms with Crippen molar-refractivity contribution >= 4 is 0 Å². The molecule has 0 fully saturated rings. The van der Waals surface area contributed by atoms with Gasteiger partial charge in [0.15, 0.2) is 0 Å². The summed E-state index contributed by atoms with van der Waals surface area (Å²) >= 11 is 0. The number of rotatable bonds is 3. The van der Waals surface area contributed by atoms with Crippen LogP contribution < -0.4 is 4.74 Å². The van der Waals surface area contributed by atoms with E-state index >= 15 is 0 Å². The summed E-state index contributed by atoms with van der Waals surface area (Å²) in [5.41, 5.74) is 3.42. The third-order valence-corrected chi connectivity index (χ3v) is 2.88. The highest BCUT2D eigenvalue weighted by molar-refractivity contribution is 5.45. The van der Waals surface area contributed by atoms with Crippen LogP contribution in [0, 0.1) is 13.5 Å². The smallest absolute Gasteiger partial charge is 0.246 e. The highest BCUT2D eigenvalue weighted by Gasteiger charge is 2.17. The van der Waals surface area contributed by atoms with Crippen molar-refractivity contribution in [1.29, 1.82) is 0 Å². The molecule has 2 heteroatoms. The molecule has 0 saturated heterocycles. The van der Waals surface area contributed by atoms with E-state index in [0.717, 1.165) is 16.9 Å². The highest BCUT2D eigenvalue weighted by Crippen LogP contribution is 2.32. The van der Waals surface area contributed by atoms with Crippen molar-refractivity contribution in [3.05, 3.63) is 40.2 Å². The molecule has 1 atom stereocenters. The van der Waals surface area contributed by atoms with E-state index in [1.165, 1.54) is 5.56 Å². The van der Waals surface area contributed by atoms with Gasteiger partial charge in [-0.15, -0.1) is 0 Å². The molecule has 0 aliphatic heterocycles. The van der Waals surface area contributed by atoms with E-state index in [2.05, 4.69) is 24.8 Å². The van der Waals surface area contributed by atoms with Gasteiger partial charge in [0.25, 0.3) is 0 Å². The fraction of sp³-hybridized carbons (Fsp3) is 0.500. The molecule has 86 valence electrons. The van der Waals surface area contributed by atoms with Gasteiger partial charge in [-0.3, -0.25) is 0 Å². The average Bonchev–Trinajstić information content (AvgIpc) is 2.27. The zero-order valence-electron chi connectivity index (χ0n) is 10.7. The van der Waals surface area contributed by atoms with Crippen LogP contribution in [0.25, 0.3) is 4.85 Å². The SMILES string of the molecule is [C-]#[N+]C(C)c1cc(C(C)C)c(OC)cc1C. The maximum absolute atomic E-state index is 7.11. The molecule has 16 heavy (non-hydrogen) atoms. The van der Waals surface area contributed by atoms with Gasteiger partial charge in [0, 0.05) is 12.5 Å².